The van der Waals surface area contributed by atoms with Crippen LogP contribution in [-0.2, 0) is 11.2 Å². The number of halogens is 1. The largest absolute Gasteiger partial charge is 0.494 e. The summed E-state index contributed by atoms with van der Waals surface area (Å²) in [6.45, 7) is 2.50. The van der Waals surface area contributed by atoms with Crippen molar-refractivity contribution >= 4 is 17.6 Å². The minimum Gasteiger partial charge on any atom is -0.494 e. The molecule has 22 heavy (non-hydrogen) atoms. The molecule has 0 saturated carbocycles. The lowest BCUT2D eigenvalue weighted by Crippen LogP contribution is -2.29. The third-order valence-electron chi connectivity index (χ3n) is 3.04. The number of carboxylic acids is 1. The molecule has 2 aromatic rings. The van der Waals surface area contributed by atoms with Crippen LogP contribution < -0.4 is 9.47 Å². The van der Waals surface area contributed by atoms with Crippen LogP contribution in [0.1, 0.15) is 12.5 Å². The molecular weight excluding hydrogens is 304 g/mol. The zero-order chi connectivity index (χ0) is 15.9. The molecule has 0 amide bonds. The highest BCUT2D eigenvalue weighted by Crippen LogP contribution is 2.25. The fourth-order valence-corrected chi connectivity index (χ4v) is 2.16. The van der Waals surface area contributed by atoms with Gasteiger partial charge >= 0.3 is 5.97 Å². The van der Waals surface area contributed by atoms with Gasteiger partial charge in [-0.2, -0.15) is 0 Å². The van der Waals surface area contributed by atoms with Crippen LogP contribution >= 0.6 is 11.6 Å². The van der Waals surface area contributed by atoms with Gasteiger partial charge in [-0.3, -0.25) is 0 Å². The van der Waals surface area contributed by atoms with Crippen LogP contribution in [0.25, 0.3) is 0 Å². The molecule has 0 aliphatic carbocycles. The lowest BCUT2D eigenvalue weighted by Gasteiger charge is -2.16. The topological polar surface area (TPSA) is 55.8 Å². The smallest absolute Gasteiger partial charge is 0.345 e. The van der Waals surface area contributed by atoms with Gasteiger partial charge in [0.25, 0.3) is 0 Å². The van der Waals surface area contributed by atoms with E-state index in [4.69, 9.17) is 21.1 Å². The summed E-state index contributed by atoms with van der Waals surface area (Å²) in [6, 6.07) is 14.1. The lowest BCUT2D eigenvalue weighted by atomic mass is 10.1. The van der Waals surface area contributed by atoms with E-state index in [9.17, 15) is 9.90 Å². The van der Waals surface area contributed by atoms with E-state index in [2.05, 4.69) is 0 Å². The number of hydrogen-bond acceptors (Lipinski definition) is 3. The minimum absolute atomic E-state index is 0.243. The number of aliphatic carboxylic acids is 1. The Bertz CT molecular complexity index is 625. The number of rotatable bonds is 7. The molecule has 2 rings (SSSR count). The SMILES string of the molecule is CCOc1ccc(C[C@H](Oc2ccccc2Cl)C(=O)O)cc1. The van der Waals surface area contributed by atoms with Crippen LogP contribution in [0.5, 0.6) is 11.5 Å². The Balaban J connectivity index is 2.09. The summed E-state index contributed by atoms with van der Waals surface area (Å²) in [5.41, 5.74) is 0.850. The second-order valence-electron chi connectivity index (χ2n) is 4.66. The molecule has 0 fully saturated rings. The summed E-state index contributed by atoms with van der Waals surface area (Å²) in [6.07, 6.45) is -0.759. The summed E-state index contributed by atoms with van der Waals surface area (Å²) in [7, 11) is 0. The van der Waals surface area contributed by atoms with Gasteiger partial charge in [-0.05, 0) is 36.8 Å². The normalized spacial score (nSPS) is 11.7. The Morgan fingerprint density at radius 3 is 2.45 bits per heavy atom. The average Bonchev–Trinajstić information content (AvgIpc) is 2.50. The average molecular weight is 321 g/mol. The predicted molar refractivity (Wildman–Crippen MR) is 84.8 cm³/mol. The zero-order valence-electron chi connectivity index (χ0n) is 12.2. The fraction of sp³-hybridized carbons (Fsp3) is 0.235. The van der Waals surface area contributed by atoms with Gasteiger partial charge in [0.15, 0.2) is 6.10 Å². The number of hydrogen-bond donors (Lipinski definition) is 1. The number of benzene rings is 2. The lowest BCUT2D eigenvalue weighted by molar-refractivity contribution is -0.145. The molecule has 0 aromatic heterocycles. The number of ether oxygens (including phenoxy) is 2. The monoisotopic (exact) mass is 320 g/mol. The van der Waals surface area contributed by atoms with Crippen molar-refractivity contribution in [3.8, 4) is 11.5 Å². The maximum atomic E-state index is 11.4. The maximum absolute atomic E-state index is 11.4. The van der Waals surface area contributed by atoms with Crippen LogP contribution in [0.3, 0.4) is 0 Å². The quantitative estimate of drug-likeness (QED) is 0.842. The Hall–Kier alpha value is -2.20. The van der Waals surface area contributed by atoms with E-state index in [-0.39, 0.29) is 6.42 Å². The summed E-state index contributed by atoms with van der Waals surface area (Å²) < 4.78 is 10.9. The van der Waals surface area contributed by atoms with Gasteiger partial charge in [0.05, 0.1) is 11.6 Å². The first-order valence-electron chi connectivity index (χ1n) is 6.96. The Morgan fingerprint density at radius 1 is 1.18 bits per heavy atom. The Labute approximate surface area is 134 Å². The molecule has 4 nitrogen and oxygen atoms in total. The summed E-state index contributed by atoms with van der Waals surface area (Å²) in [5, 5.41) is 9.72. The maximum Gasteiger partial charge on any atom is 0.345 e. The molecule has 0 aliphatic rings. The van der Waals surface area contributed by atoms with Crippen LogP contribution in [0.2, 0.25) is 5.02 Å². The standard InChI is InChI=1S/C17H17ClO4/c1-2-21-13-9-7-12(8-10-13)11-16(17(19)20)22-15-6-4-3-5-14(15)18/h3-10,16H,2,11H2,1H3,(H,19,20)/t16-/m0/s1. The van der Waals surface area contributed by atoms with E-state index < -0.39 is 12.1 Å². The highest BCUT2D eigenvalue weighted by molar-refractivity contribution is 6.32. The van der Waals surface area contributed by atoms with E-state index in [1.54, 1.807) is 24.3 Å². The molecule has 0 aliphatic heterocycles. The summed E-state index contributed by atoms with van der Waals surface area (Å²) in [5.74, 6) is 0.0847. The van der Waals surface area contributed by atoms with Gasteiger partial charge in [0.1, 0.15) is 11.5 Å². The third kappa shape index (κ3) is 4.40. The van der Waals surface area contributed by atoms with E-state index >= 15 is 0 Å². The minimum atomic E-state index is -1.03. The van der Waals surface area contributed by atoms with Crippen molar-refractivity contribution in [2.45, 2.75) is 19.4 Å². The van der Waals surface area contributed by atoms with E-state index in [1.165, 1.54) is 0 Å². The third-order valence-corrected chi connectivity index (χ3v) is 3.35. The Morgan fingerprint density at radius 2 is 1.86 bits per heavy atom. The van der Waals surface area contributed by atoms with Crippen molar-refractivity contribution < 1.29 is 19.4 Å². The molecule has 0 spiro atoms. The van der Waals surface area contributed by atoms with Crippen LogP contribution in [0.4, 0.5) is 0 Å². The van der Waals surface area contributed by atoms with Gasteiger partial charge in [0.2, 0.25) is 0 Å². The van der Waals surface area contributed by atoms with Crippen molar-refractivity contribution in [3.05, 3.63) is 59.1 Å². The molecule has 0 unspecified atom stereocenters. The van der Waals surface area contributed by atoms with Crippen molar-refractivity contribution in [1.29, 1.82) is 0 Å². The number of carboxylic acid groups (broad SMARTS) is 1. The fourth-order valence-electron chi connectivity index (χ4n) is 1.98. The molecule has 2 aromatic carbocycles. The number of carbonyl (C=O) groups is 1. The van der Waals surface area contributed by atoms with Gasteiger partial charge in [-0.25, -0.2) is 4.79 Å². The van der Waals surface area contributed by atoms with E-state index in [0.29, 0.717) is 17.4 Å². The van der Waals surface area contributed by atoms with Crippen LogP contribution in [0, 0.1) is 0 Å². The molecule has 0 bridgehead atoms. The zero-order valence-corrected chi connectivity index (χ0v) is 12.9. The molecular formula is C17H17ClO4. The first-order valence-corrected chi connectivity index (χ1v) is 7.33. The summed E-state index contributed by atoms with van der Waals surface area (Å²) in [4.78, 5) is 11.4. The first-order chi connectivity index (χ1) is 10.6. The second kappa shape index (κ2) is 7.71. The second-order valence-corrected chi connectivity index (χ2v) is 5.06. The van der Waals surface area contributed by atoms with Crippen molar-refractivity contribution in [1.82, 2.24) is 0 Å². The molecule has 0 radical (unpaired) electrons. The van der Waals surface area contributed by atoms with Gasteiger partial charge in [-0.15, -0.1) is 0 Å². The molecule has 1 N–H and O–H groups in total. The Kier molecular flexibility index (Phi) is 5.67. The van der Waals surface area contributed by atoms with Crippen LogP contribution in [-0.4, -0.2) is 23.8 Å². The van der Waals surface area contributed by atoms with Crippen molar-refractivity contribution in [3.63, 3.8) is 0 Å². The van der Waals surface area contributed by atoms with Crippen molar-refractivity contribution in [2.75, 3.05) is 6.61 Å². The molecule has 5 heteroatoms. The first kappa shape index (κ1) is 16.2. The molecule has 0 saturated heterocycles. The highest BCUT2D eigenvalue weighted by atomic mass is 35.5. The highest BCUT2D eigenvalue weighted by Gasteiger charge is 2.21. The molecule has 1 atom stereocenters. The van der Waals surface area contributed by atoms with Gasteiger partial charge in [0, 0.05) is 6.42 Å². The van der Waals surface area contributed by atoms with Gasteiger partial charge in [-0.1, -0.05) is 35.9 Å². The molecule has 116 valence electrons. The van der Waals surface area contributed by atoms with Crippen molar-refractivity contribution in [2.24, 2.45) is 0 Å². The predicted octanol–water partition coefficient (Wildman–Crippen LogP) is 3.81. The van der Waals surface area contributed by atoms with E-state index in [1.807, 2.05) is 31.2 Å². The van der Waals surface area contributed by atoms with Crippen LogP contribution in [0.15, 0.2) is 48.5 Å². The van der Waals surface area contributed by atoms with E-state index in [0.717, 1.165) is 11.3 Å². The molecule has 0 heterocycles. The van der Waals surface area contributed by atoms with Gasteiger partial charge < -0.3 is 14.6 Å². The summed E-state index contributed by atoms with van der Waals surface area (Å²) >= 11 is 6.00. The number of para-hydroxylation sites is 1.